The van der Waals surface area contributed by atoms with Crippen molar-refractivity contribution < 1.29 is 23.8 Å². The van der Waals surface area contributed by atoms with E-state index in [4.69, 9.17) is 14.2 Å². The highest BCUT2D eigenvalue weighted by atomic mass is 16.6. The van der Waals surface area contributed by atoms with Crippen molar-refractivity contribution in [2.45, 2.75) is 62.3 Å². The van der Waals surface area contributed by atoms with Crippen molar-refractivity contribution in [3.8, 4) is 0 Å². The van der Waals surface area contributed by atoms with Gasteiger partial charge in [-0.1, -0.05) is 60.7 Å². The normalized spacial score (nSPS) is 28.5. The molecule has 3 fully saturated rings. The Morgan fingerprint density at radius 1 is 1.03 bits per heavy atom. The van der Waals surface area contributed by atoms with Gasteiger partial charge in [0.15, 0.2) is 0 Å². The van der Waals surface area contributed by atoms with Gasteiger partial charge in [-0.15, -0.1) is 0 Å². The molecule has 0 aromatic heterocycles. The third-order valence-electron chi connectivity index (χ3n) is 7.50. The number of carbonyl (C=O) groups excluding carboxylic acids is 2. The van der Waals surface area contributed by atoms with Crippen LogP contribution < -0.4 is 5.32 Å². The molecule has 1 N–H and O–H groups in total. The summed E-state index contributed by atoms with van der Waals surface area (Å²) in [7, 11) is 0. The number of hydrogen-bond acceptors (Lipinski definition) is 5. The van der Waals surface area contributed by atoms with E-state index in [1.807, 2.05) is 30.3 Å². The van der Waals surface area contributed by atoms with Gasteiger partial charge in [-0.3, -0.25) is 0 Å². The maximum absolute atomic E-state index is 13.0. The van der Waals surface area contributed by atoms with E-state index >= 15 is 0 Å². The van der Waals surface area contributed by atoms with Gasteiger partial charge in [0.1, 0.15) is 18.8 Å². The Morgan fingerprint density at radius 3 is 2.41 bits per heavy atom. The lowest BCUT2D eigenvalue weighted by molar-refractivity contribution is -0.0176. The molecule has 3 aliphatic rings. The maximum atomic E-state index is 13.0. The molecule has 7 nitrogen and oxygen atoms in total. The van der Waals surface area contributed by atoms with Crippen LogP contribution in [0.25, 0.3) is 0 Å². The lowest BCUT2D eigenvalue weighted by Gasteiger charge is -2.35. The highest BCUT2D eigenvalue weighted by Crippen LogP contribution is 2.36. The quantitative estimate of drug-likeness (QED) is 0.675. The molecule has 2 saturated heterocycles. The molecule has 2 heterocycles. The molecular formula is C27H32N2O5. The molecule has 180 valence electrons. The zero-order valence-electron chi connectivity index (χ0n) is 19.4. The van der Waals surface area contributed by atoms with Gasteiger partial charge in [-0.05, 0) is 49.1 Å². The third-order valence-corrected chi connectivity index (χ3v) is 7.50. The zero-order chi connectivity index (χ0) is 23.4. The van der Waals surface area contributed by atoms with E-state index in [1.54, 1.807) is 4.90 Å². The fraction of sp³-hybridized carbons (Fsp3) is 0.481. The molecule has 2 amide bonds. The van der Waals surface area contributed by atoms with Crippen LogP contribution in [0, 0.1) is 0 Å². The van der Waals surface area contributed by atoms with E-state index in [2.05, 4.69) is 35.6 Å². The minimum Gasteiger partial charge on any atom is -0.447 e. The van der Waals surface area contributed by atoms with Crippen LogP contribution in [0.15, 0.2) is 60.7 Å². The van der Waals surface area contributed by atoms with Crippen LogP contribution in [0.3, 0.4) is 0 Å². The minimum absolute atomic E-state index is 0.151. The fourth-order valence-corrected chi connectivity index (χ4v) is 5.51. The SMILES string of the molecule is O=C1NC2(CCN(C(=O)OCc3ccccc3)C2COC2CCC(c3ccccc3)CC2)CO1. The topological polar surface area (TPSA) is 77.1 Å². The monoisotopic (exact) mass is 464 g/mol. The van der Waals surface area contributed by atoms with Crippen LogP contribution in [-0.2, 0) is 20.8 Å². The van der Waals surface area contributed by atoms with Crippen LogP contribution in [-0.4, -0.2) is 54.5 Å². The predicted octanol–water partition coefficient (Wildman–Crippen LogP) is 4.62. The minimum atomic E-state index is -0.621. The van der Waals surface area contributed by atoms with E-state index in [1.165, 1.54) is 5.56 Å². The Hall–Kier alpha value is -3.06. The Morgan fingerprint density at radius 2 is 1.74 bits per heavy atom. The largest absolute Gasteiger partial charge is 0.447 e. The second kappa shape index (κ2) is 10.1. The number of nitrogens with one attached hydrogen (secondary N) is 1. The number of amides is 2. The molecule has 2 atom stereocenters. The number of carbonyl (C=O) groups is 2. The number of likely N-dealkylation sites (tertiary alicyclic amines) is 1. The molecule has 1 aliphatic carbocycles. The molecule has 2 unspecified atom stereocenters. The predicted molar refractivity (Wildman–Crippen MR) is 126 cm³/mol. The summed E-state index contributed by atoms with van der Waals surface area (Å²) in [4.78, 5) is 26.6. The van der Waals surface area contributed by atoms with E-state index in [-0.39, 0.29) is 31.5 Å². The second-order valence-electron chi connectivity index (χ2n) is 9.57. The lowest BCUT2D eigenvalue weighted by Crippen LogP contribution is -2.57. The van der Waals surface area contributed by atoms with Gasteiger partial charge >= 0.3 is 12.2 Å². The first-order valence-electron chi connectivity index (χ1n) is 12.2. The summed E-state index contributed by atoms with van der Waals surface area (Å²) >= 11 is 0. The summed E-state index contributed by atoms with van der Waals surface area (Å²) in [5.41, 5.74) is 1.71. The van der Waals surface area contributed by atoms with Gasteiger partial charge in [-0.2, -0.15) is 0 Å². The number of benzene rings is 2. The summed E-state index contributed by atoms with van der Waals surface area (Å²) < 4.78 is 17.2. The number of nitrogens with zero attached hydrogens (tertiary/aromatic N) is 1. The maximum Gasteiger partial charge on any atom is 0.410 e. The standard InChI is InChI=1S/C27H32N2O5/c30-25-28-27(19-34-25)15-16-29(26(31)33-17-20-7-3-1-4-8-20)24(27)18-32-23-13-11-22(12-14-23)21-9-5-2-6-10-21/h1-10,22-24H,11-19H2,(H,28,30). The number of ether oxygens (including phenoxy) is 3. The highest BCUT2D eigenvalue weighted by Gasteiger charge is 2.55. The summed E-state index contributed by atoms with van der Waals surface area (Å²) in [6.07, 6.45) is 4.10. The second-order valence-corrected chi connectivity index (χ2v) is 9.57. The lowest BCUT2D eigenvalue weighted by atomic mass is 9.82. The van der Waals surface area contributed by atoms with Crippen LogP contribution in [0.4, 0.5) is 9.59 Å². The Balaban J connectivity index is 1.20. The Bertz CT molecular complexity index is 977. The molecule has 2 aromatic carbocycles. The van der Waals surface area contributed by atoms with Gasteiger partial charge in [0, 0.05) is 6.54 Å². The molecule has 7 heteroatoms. The molecule has 0 bridgehead atoms. The van der Waals surface area contributed by atoms with Gasteiger partial charge in [-0.25, -0.2) is 9.59 Å². The van der Waals surface area contributed by atoms with Crippen LogP contribution in [0.2, 0.25) is 0 Å². The van der Waals surface area contributed by atoms with Crippen LogP contribution >= 0.6 is 0 Å². The molecule has 1 saturated carbocycles. The third kappa shape index (κ3) is 4.89. The molecule has 5 rings (SSSR count). The van der Waals surface area contributed by atoms with Crippen molar-refractivity contribution in [3.05, 3.63) is 71.8 Å². The first-order chi connectivity index (χ1) is 16.6. The number of hydrogen-bond donors (Lipinski definition) is 1. The van der Waals surface area contributed by atoms with Crippen molar-refractivity contribution in [2.24, 2.45) is 0 Å². The van der Waals surface area contributed by atoms with Crippen molar-refractivity contribution in [1.29, 1.82) is 0 Å². The van der Waals surface area contributed by atoms with Gasteiger partial charge < -0.3 is 24.4 Å². The molecule has 34 heavy (non-hydrogen) atoms. The zero-order valence-corrected chi connectivity index (χ0v) is 19.4. The van der Waals surface area contributed by atoms with E-state index < -0.39 is 11.6 Å². The van der Waals surface area contributed by atoms with Gasteiger partial charge in [0.05, 0.1) is 18.8 Å². The molecule has 0 radical (unpaired) electrons. The summed E-state index contributed by atoms with van der Waals surface area (Å²) in [5, 5.41) is 2.96. The van der Waals surface area contributed by atoms with Crippen molar-refractivity contribution in [1.82, 2.24) is 10.2 Å². The summed E-state index contributed by atoms with van der Waals surface area (Å²) in [6, 6.07) is 20.0. The first kappa shape index (κ1) is 22.7. The van der Waals surface area contributed by atoms with E-state index in [0.717, 1.165) is 31.2 Å². The van der Waals surface area contributed by atoms with E-state index in [9.17, 15) is 9.59 Å². The van der Waals surface area contributed by atoms with Gasteiger partial charge in [0.25, 0.3) is 0 Å². The Labute approximate surface area is 200 Å². The summed E-state index contributed by atoms with van der Waals surface area (Å²) in [5.74, 6) is 0.575. The average Bonchev–Trinajstić information content (AvgIpc) is 3.44. The molecule has 2 aliphatic heterocycles. The van der Waals surface area contributed by atoms with Crippen molar-refractivity contribution in [3.63, 3.8) is 0 Å². The highest BCUT2D eigenvalue weighted by molar-refractivity contribution is 5.73. The van der Waals surface area contributed by atoms with Crippen molar-refractivity contribution >= 4 is 12.2 Å². The first-order valence-corrected chi connectivity index (χ1v) is 12.2. The van der Waals surface area contributed by atoms with Crippen molar-refractivity contribution in [2.75, 3.05) is 19.8 Å². The number of alkyl carbamates (subject to hydrolysis) is 1. The smallest absolute Gasteiger partial charge is 0.410 e. The number of cyclic esters (lactones) is 1. The summed E-state index contributed by atoms with van der Waals surface area (Å²) in [6.45, 7) is 1.29. The Kier molecular flexibility index (Phi) is 6.72. The van der Waals surface area contributed by atoms with Crippen LogP contribution in [0.1, 0.15) is 49.1 Å². The van der Waals surface area contributed by atoms with Crippen LogP contribution in [0.5, 0.6) is 0 Å². The molecule has 2 aromatic rings. The molecular weight excluding hydrogens is 432 g/mol. The van der Waals surface area contributed by atoms with E-state index in [0.29, 0.717) is 25.5 Å². The fourth-order valence-electron chi connectivity index (χ4n) is 5.51. The average molecular weight is 465 g/mol. The van der Waals surface area contributed by atoms with Gasteiger partial charge in [0.2, 0.25) is 0 Å². The molecule has 1 spiro atoms. The number of rotatable bonds is 6.